The first-order valence-corrected chi connectivity index (χ1v) is 5.11. The van der Waals surface area contributed by atoms with Crippen LogP contribution in [0.2, 0.25) is 5.15 Å². The third-order valence-electron chi connectivity index (χ3n) is 2.02. The van der Waals surface area contributed by atoms with Crippen molar-refractivity contribution in [2.75, 3.05) is 5.43 Å². The molecule has 0 radical (unpaired) electrons. The van der Waals surface area contributed by atoms with Gasteiger partial charge in [0.2, 0.25) is 0 Å². The number of rotatable bonds is 2. The lowest BCUT2D eigenvalue weighted by Crippen LogP contribution is -2.21. The minimum absolute atomic E-state index is 0.219. The Bertz CT molecular complexity index is 488. The van der Waals surface area contributed by atoms with E-state index < -0.39 is 0 Å². The zero-order valence-electron chi connectivity index (χ0n) is 8.64. The second-order valence-electron chi connectivity index (χ2n) is 3.35. The first-order chi connectivity index (χ1) is 7.65. The molecule has 0 bridgehead atoms. The normalized spacial score (nSPS) is 10.1. The highest BCUT2D eigenvalue weighted by molar-refractivity contribution is 6.29. The van der Waals surface area contributed by atoms with Crippen LogP contribution in [0.25, 0.3) is 0 Å². The van der Waals surface area contributed by atoms with Gasteiger partial charge >= 0.3 is 0 Å². The molecule has 0 aliphatic heterocycles. The highest BCUT2D eigenvalue weighted by atomic mass is 35.5. The number of carbonyl (C=O) groups is 1. The molecule has 1 amide bonds. The molecule has 0 fully saturated rings. The van der Waals surface area contributed by atoms with E-state index in [9.17, 15) is 4.79 Å². The van der Waals surface area contributed by atoms with Gasteiger partial charge in [-0.1, -0.05) is 11.6 Å². The minimum Gasteiger partial charge on any atom is -0.268 e. The van der Waals surface area contributed by atoms with Crippen LogP contribution in [0.5, 0.6) is 0 Å². The van der Waals surface area contributed by atoms with Crippen LogP contribution in [0.15, 0.2) is 36.7 Å². The van der Waals surface area contributed by atoms with E-state index in [1.54, 1.807) is 30.1 Å². The van der Waals surface area contributed by atoms with Gasteiger partial charge in [-0.2, -0.15) is 0 Å². The Morgan fingerprint density at radius 3 is 2.69 bits per heavy atom. The third kappa shape index (κ3) is 2.41. The summed E-state index contributed by atoms with van der Waals surface area (Å²) >= 11 is 5.78. The first-order valence-electron chi connectivity index (χ1n) is 4.74. The second-order valence-corrected chi connectivity index (χ2v) is 3.74. The number of pyridine rings is 1. The summed E-state index contributed by atoms with van der Waals surface area (Å²) in [7, 11) is 0. The van der Waals surface area contributed by atoms with Crippen LogP contribution in [0.1, 0.15) is 16.1 Å². The molecule has 0 saturated carbocycles. The summed E-state index contributed by atoms with van der Waals surface area (Å²) in [5.41, 5.74) is 3.89. The standard InChI is InChI=1S/C11H10ClN3O/c1-8-6-9(7-10(12)13-8)11(16)14-15-4-2-3-5-15/h2-7H,1H3,(H,14,16). The highest BCUT2D eigenvalue weighted by Crippen LogP contribution is 2.10. The monoisotopic (exact) mass is 235 g/mol. The average molecular weight is 236 g/mol. The van der Waals surface area contributed by atoms with Crippen molar-refractivity contribution in [3.63, 3.8) is 0 Å². The fraction of sp³-hybridized carbons (Fsp3) is 0.0909. The molecule has 16 heavy (non-hydrogen) atoms. The Balaban J connectivity index is 2.21. The molecule has 2 aromatic heterocycles. The molecule has 1 N–H and O–H groups in total. The molecule has 0 aliphatic rings. The van der Waals surface area contributed by atoms with Crippen LogP contribution in [0.4, 0.5) is 0 Å². The van der Waals surface area contributed by atoms with Crippen molar-refractivity contribution in [3.8, 4) is 0 Å². The Kier molecular flexibility index (Phi) is 2.92. The summed E-state index contributed by atoms with van der Waals surface area (Å²) in [6.07, 6.45) is 3.49. The molecule has 2 rings (SSSR count). The maximum atomic E-state index is 11.8. The van der Waals surface area contributed by atoms with Crippen LogP contribution in [-0.2, 0) is 0 Å². The molecule has 4 nitrogen and oxygen atoms in total. The van der Waals surface area contributed by atoms with Crippen molar-refractivity contribution in [1.29, 1.82) is 0 Å². The van der Waals surface area contributed by atoms with Crippen LogP contribution < -0.4 is 5.43 Å². The van der Waals surface area contributed by atoms with Gasteiger partial charge in [0.15, 0.2) is 0 Å². The lowest BCUT2D eigenvalue weighted by Gasteiger charge is -2.06. The van der Waals surface area contributed by atoms with Gasteiger partial charge in [0.05, 0.1) is 0 Å². The SMILES string of the molecule is Cc1cc(C(=O)Nn2cccc2)cc(Cl)n1. The van der Waals surface area contributed by atoms with Crippen LogP contribution in [-0.4, -0.2) is 15.6 Å². The summed E-state index contributed by atoms with van der Waals surface area (Å²) in [4.78, 5) is 15.8. The quantitative estimate of drug-likeness (QED) is 0.812. The topological polar surface area (TPSA) is 46.9 Å². The van der Waals surface area contributed by atoms with Crippen molar-refractivity contribution >= 4 is 17.5 Å². The highest BCUT2D eigenvalue weighted by Gasteiger charge is 2.07. The van der Waals surface area contributed by atoms with Gasteiger partial charge in [0, 0.05) is 23.7 Å². The molecule has 2 aromatic rings. The van der Waals surface area contributed by atoms with Crippen molar-refractivity contribution in [1.82, 2.24) is 9.66 Å². The zero-order valence-corrected chi connectivity index (χ0v) is 9.40. The van der Waals surface area contributed by atoms with Gasteiger partial charge in [-0.05, 0) is 31.2 Å². The molecular weight excluding hydrogens is 226 g/mol. The Labute approximate surface area is 97.8 Å². The summed E-state index contributed by atoms with van der Waals surface area (Å²) in [5.74, 6) is -0.219. The smallest absolute Gasteiger partial charge is 0.268 e. The molecule has 5 heteroatoms. The van der Waals surface area contributed by atoms with E-state index in [0.717, 1.165) is 0 Å². The number of amides is 1. The number of aryl methyl sites for hydroxylation is 1. The number of hydrogen-bond donors (Lipinski definition) is 1. The van der Waals surface area contributed by atoms with Crippen molar-refractivity contribution in [2.45, 2.75) is 6.92 Å². The van der Waals surface area contributed by atoms with Gasteiger partial charge in [-0.25, -0.2) is 4.98 Å². The predicted octanol–water partition coefficient (Wildman–Crippen LogP) is 2.23. The Morgan fingerprint density at radius 2 is 2.06 bits per heavy atom. The predicted molar refractivity (Wildman–Crippen MR) is 62.1 cm³/mol. The van der Waals surface area contributed by atoms with Crippen LogP contribution >= 0.6 is 11.6 Å². The largest absolute Gasteiger partial charge is 0.270 e. The van der Waals surface area contributed by atoms with Crippen molar-refractivity contribution in [3.05, 3.63) is 53.1 Å². The molecule has 0 aromatic carbocycles. The average Bonchev–Trinajstić information content (AvgIpc) is 2.68. The van der Waals surface area contributed by atoms with Gasteiger partial charge in [0.25, 0.3) is 5.91 Å². The first kappa shape index (κ1) is 10.7. The maximum absolute atomic E-state index is 11.8. The van der Waals surface area contributed by atoms with E-state index in [1.807, 2.05) is 12.1 Å². The van der Waals surface area contributed by atoms with E-state index in [1.165, 1.54) is 6.07 Å². The summed E-state index contributed by atoms with van der Waals surface area (Å²) < 4.78 is 1.58. The van der Waals surface area contributed by atoms with Crippen molar-refractivity contribution in [2.24, 2.45) is 0 Å². The lowest BCUT2D eigenvalue weighted by atomic mass is 10.2. The number of hydrogen-bond acceptors (Lipinski definition) is 2. The Morgan fingerprint density at radius 1 is 1.38 bits per heavy atom. The molecule has 2 heterocycles. The summed E-state index contributed by atoms with van der Waals surface area (Å²) in [5, 5.41) is 0.317. The third-order valence-corrected chi connectivity index (χ3v) is 2.21. The second kappa shape index (κ2) is 4.37. The molecule has 0 unspecified atom stereocenters. The van der Waals surface area contributed by atoms with Crippen LogP contribution in [0.3, 0.4) is 0 Å². The molecule has 0 spiro atoms. The van der Waals surface area contributed by atoms with Crippen LogP contribution in [0, 0.1) is 6.92 Å². The van der Waals surface area contributed by atoms with E-state index in [0.29, 0.717) is 16.4 Å². The summed E-state index contributed by atoms with van der Waals surface area (Å²) in [6.45, 7) is 1.79. The Hall–Kier alpha value is -1.81. The fourth-order valence-electron chi connectivity index (χ4n) is 1.35. The van der Waals surface area contributed by atoms with E-state index in [4.69, 9.17) is 11.6 Å². The number of carbonyl (C=O) groups excluding carboxylic acids is 1. The molecule has 0 atom stereocenters. The van der Waals surface area contributed by atoms with Crippen molar-refractivity contribution < 1.29 is 4.79 Å². The number of aromatic nitrogens is 2. The number of nitrogens with one attached hydrogen (secondary N) is 1. The van der Waals surface area contributed by atoms with Gasteiger partial charge in [-0.3, -0.25) is 14.9 Å². The molecule has 0 saturated heterocycles. The molecule has 82 valence electrons. The lowest BCUT2D eigenvalue weighted by molar-refractivity contribution is 0.101. The van der Waals surface area contributed by atoms with E-state index in [-0.39, 0.29) is 5.91 Å². The van der Waals surface area contributed by atoms with E-state index in [2.05, 4.69) is 10.4 Å². The van der Waals surface area contributed by atoms with Gasteiger partial charge in [0.1, 0.15) is 5.15 Å². The fourth-order valence-corrected chi connectivity index (χ4v) is 1.60. The minimum atomic E-state index is -0.219. The van der Waals surface area contributed by atoms with Gasteiger partial charge in [-0.15, -0.1) is 0 Å². The molecule has 0 aliphatic carbocycles. The van der Waals surface area contributed by atoms with Gasteiger partial charge < -0.3 is 0 Å². The number of nitrogens with zero attached hydrogens (tertiary/aromatic N) is 2. The molecular formula is C11H10ClN3O. The summed E-state index contributed by atoms with van der Waals surface area (Å²) in [6, 6.07) is 6.87. The maximum Gasteiger partial charge on any atom is 0.270 e. The zero-order chi connectivity index (χ0) is 11.5. The number of halogens is 1. The van der Waals surface area contributed by atoms with E-state index >= 15 is 0 Å².